The van der Waals surface area contributed by atoms with Crippen LogP contribution in [0.5, 0.6) is 0 Å². The second-order valence-electron chi connectivity index (χ2n) is 4.58. The summed E-state index contributed by atoms with van der Waals surface area (Å²) >= 11 is 0. The van der Waals surface area contributed by atoms with E-state index < -0.39 is 0 Å². The van der Waals surface area contributed by atoms with Gasteiger partial charge in [0.15, 0.2) is 0 Å². The van der Waals surface area contributed by atoms with Crippen molar-refractivity contribution in [3.8, 4) is 0 Å². The molecule has 86 valence electrons. The van der Waals surface area contributed by atoms with Crippen LogP contribution in [0.15, 0.2) is 0 Å². The summed E-state index contributed by atoms with van der Waals surface area (Å²) in [5.41, 5.74) is 0. The van der Waals surface area contributed by atoms with Crippen molar-refractivity contribution in [3.63, 3.8) is 0 Å². The highest BCUT2D eigenvalue weighted by atomic mass is 16.5. The molecular weight excluding hydrogens is 194 g/mol. The van der Waals surface area contributed by atoms with Gasteiger partial charge in [0.2, 0.25) is 5.91 Å². The van der Waals surface area contributed by atoms with Crippen LogP contribution in [0.25, 0.3) is 0 Å². The number of amides is 1. The zero-order valence-electron chi connectivity index (χ0n) is 8.95. The molecule has 2 N–H and O–H groups in total. The number of carbonyl (C=O) groups is 1. The Morgan fingerprint density at radius 2 is 1.87 bits per heavy atom. The number of ether oxygens (including phenoxy) is 1. The molecule has 15 heavy (non-hydrogen) atoms. The summed E-state index contributed by atoms with van der Waals surface area (Å²) in [6, 6.07) is 0.411. The van der Waals surface area contributed by atoms with Gasteiger partial charge in [0.05, 0.1) is 12.2 Å². The lowest BCUT2D eigenvalue weighted by atomic mass is 9.95. The van der Waals surface area contributed by atoms with E-state index in [2.05, 4.69) is 5.32 Å². The van der Waals surface area contributed by atoms with E-state index in [1.165, 1.54) is 0 Å². The molecule has 0 spiro atoms. The smallest absolute Gasteiger partial charge is 0.246 e. The van der Waals surface area contributed by atoms with Crippen LogP contribution in [-0.2, 0) is 9.53 Å². The Balaban J connectivity index is 1.58. The largest absolute Gasteiger partial charge is 0.393 e. The molecule has 1 amide bonds. The van der Waals surface area contributed by atoms with Gasteiger partial charge < -0.3 is 15.2 Å². The maximum Gasteiger partial charge on any atom is 0.246 e. The van der Waals surface area contributed by atoms with E-state index in [0.717, 1.165) is 38.5 Å². The zero-order valence-corrected chi connectivity index (χ0v) is 8.95. The lowest BCUT2D eigenvalue weighted by Gasteiger charge is -2.25. The highest BCUT2D eigenvalue weighted by Crippen LogP contribution is 2.21. The zero-order chi connectivity index (χ0) is 10.7. The van der Waals surface area contributed by atoms with E-state index >= 15 is 0 Å². The first-order chi connectivity index (χ1) is 7.24. The molecule has 2 rings (SSSR count). The van der Waals surface area contributed by atoms with Crippen LogP contribution in [0, 0.1) is 0 Å². The van der Waals surface area contributed by atoms with Gasteiger partial charge in [0.1, 0.15) is 6.61 Å². The van der Waals surface area contributed by atoms with Gasteiger partial charge in [-0.3, -0.25) is 4.79 Å². The first-order valence-corrected chi connectivity index (χ1v) is 5.83. The summed E-state index contributed by atoms with van der Waals surface area (Å²) in [4.78, 5) is 11.3. The molecule has 0 saturated heterocycles. The van der Waals surface area contributed by atoms with Crippen molar-refractivity contribution >= 4 is 5.91 Å². The number of nitrogens with one attached hydrogen (secondary N) is 1. The molecule has 0 aromatic rings. The number of aliphatic hydroxyl groups is 1. The van der Waals surface area contributed by atoms with Crippen LogP contribution in [0.3, 0.4) is 0 Å². The fourth-order valence-corrected chi connectivity index (χ4v) is 1.90. The summed E-state index contributed by atoms with van der Waals surface area (Å²) in [7, 11) is 0. The molecule has 4 nitrogen and oxygen atoms in total. The lowest BCUT2D eigenvalue weighted by Crippen LogP contribution is -2.33. The Hall–Kier alpha value is -0.610. The molecule has 2 saturated carbocycles. The summed E-state index contributed by atoms with van der Waals surface area (Å²) in [6.45, 7) is 0.178. The predicted molar refractivity (Wildman–Crippen MR) is 55.4 cm³/mol. The standard InChI is InChI=1S/C11H19NO3/c13-9-3-5-10(6-4-9)15-7-11(14)12-8-1-2-8/h8-10,13H,1-7H2,(H,12,14). The summed E-state index contributed by atoms with van der Waals surface area (Å²) in [5.74, 6) is 0.00335. The third-order valence-electron chi connectivity index (χ3n) is 3.04. The number of carbonyl (C=O) groups excluding carboxylic acids is 1. The third kappa shape index (κ3) is 3.80. The molecule has 0 aromatic carbocycles. The molecule has 0 aromatic heterocycles. The minimum Gasteiger partial charge on any atom is -0.393 e. The molecule has 2 aliphatic carbocycles. The van der Waals surface area contributed by atoms with Gasteiger partial charge in [0.25, 0.3) is 0 Å². The average molecular weight is 213 g/mol. The summed E-state index contributed by atoms with van der Waals surface area (Å²) in [6.07, 6.45) is 5.57. The third-order valence-corrected chi connectivity index (χ3v) is 3.04. The van der Waals surface area contributed by atoms with E-state index in [9.17, 15) is 9.90 Å². The molecule has 0 unspecified atom stereocenters. The van der Waals surface area contributed by atoms with Crippen molar-refractivity contribution in [2.45, 2.75) is 56.8 Å². The Labute approximate surface area is 90.0 Å². The molecule has 2 aliphatic rings. The van der Waals surface area contributed by atoms with Crippen LogP contribution in [0.4, 0.5) is 0 Å². The van der Waals surface area contributed by atoms with Gasteiger partial charge >= 0.3 is 0 Å². The van der Waals surface area contributed by atoms with Crippen molar-refractivity contribution in [2.24, 2.45) is 0 Å². The molecule has 0 atom stereocenters. The van der Waals surface area contributed by atoms with Gasteiger partial charge in [-0.05, 0) is 38.5 Å². The quantitative estimate of drug-likeness (QED) is 0.718. The number of rotatable bonds is 4. The maximum absolute atomic E-state index is 11.3. The second kappa shape index (κ2) is 4.94. The topological polar surface area (TPSA) is 58.6 Å². The fraction of sp³-hybridized carbons (Fsp3) is 0.909. The first-order valence-electron chi connectivity index (χ1n) is 5.83. The maximum atomic E-state index is 11.3. The van der Waals surface area contributed by atoms with Crippen LogP contribution in [0.2, 0.25) is 0 Å². The number of aliphatic hydroxyl groups excluding tert-OH is 1. The van der Waals surface area contributed by atoms with Crippen LogP contribution >= 0.6 is 0 Å². The van der Waals surface area contributed by atoms with E-state index in [1.807, 2.05) is 0 Å². The minimum absolute atomic E-state index is 0.00335. The fourth-order valence-electron chi connectivity index (χ4n) is 1.90. The Kier molecular flexibility index (Phi) is 3.59. The van der Waals surface area contributed by atoms with E-state index in [4.69, 9.17) is 4.74 Å². The predicted octanol–water partition coefficient (Wildman–Crippen LogP) is 0.585. The van der Waals surface area contributed by atoms with Gasteiger partial charge in [-0.2, -0.15) is 0 Å². The normalized spacial score (nSPS) is 31.3. The molecule has 2 fully saturated rings. The van der Waals surface area contributed by atoms with Crippen molar-refractivity contribution in [3.05, 3.63) is 0 Å². The Bertz CT molecular complexity index is 220. The van der Waals surface area contributed by atoms with Crippen molar-refractivity contribution in [1.82, 2.24) is 5.32 Å². The molecule has 0 aliphatic heterocycles. The molecule has 0 bridgehead atoms. The second-order valence-corrected chi connectivity index (χ2v) is 4.58. The van der Waals surface area contributed by atoms with Crippen LogP contribution in [0.1, 0.15) is 38.5 Å². The Morgan fingerprint density at radius 1 is 1.20 bits per heavy atom. The van der Waals surface area contributed by atoms with E-state index in [1.54, 1.807) is 0 Å². The monoisotopic (exact) mass is 213 g/mol. The van der Waals surface area contributed by atoms with E-state index in [0.29, 0.717) is 6.04 Å². The van der Waals surface area contributed by atoms with Crippen molar-refractivity contribution < 1.29 is 14.6 Å². The highest BCUT2D eigenvalue weighted by molar-refractivity contribution is 5.77. The van der Waals surface area contributed by atoms with Gasteiger partial charge in [-0.1, -0.05) is 0 Å². The number of hydrogen-bond donors (Lipinski definition) is 2. The van der Waals surface area contributed by atoms with Gasteiger partial charge in [-0.25, -0.2) is 0 Å². The van der Waals surface area contributed by atoms with Crippen LogP contribution in [-0.4, -0.2) is 35.9 Å². The SMILES string of the molecule is O=C(COC1CCC(O)CC1)NC1CC1. The molecule has 0 heterocycles. The summed E-state index contributed by atoms with van der Waals surface area (Å²) < 4.78 is 5.50. The minimum atomic E-state index is -0.162. The average Bonchev–Trinajstić information content (AvgIpc) is 3.01. The van der Waals surface area contributed by atoms with Crippen LogP contribution < -0.4 is 5.32 Å². The van der Waals surface area contributed by atoms with Gasteiger partial charge in [0, 0.05) is 6.04 Å². The van der Waals surface area contributed by atoms with Crippen molar-refractivity contribution in [1.29, 1.82) is 0 Å². The Morgan fingerprint density at radius 3 is 2.47 bits per heavy atom. The van der Waals surface area contributed by atoms with E-state index in [-0.39, 0.29) is 24.7 Å². The molecule has 4 heteroatoms. The molecular formula is C11H19NO3. The first kappa shape index (κ1) is 10.9. The highest BCUT2D eigenvalue weighted by Gasteiger charge is 2.24. The summed E-state index contributed by atoms with van der Waals surface area (Å²) in [5, 5.41) is 12.2. The number of hydrogen-bond acceptors (Lipinski definition) is 3. The van der Waals surface area contributed by atoms with Gasteiger partial charge in [-0.15, -0.1) is 0 Å². The molecule has 0 radical (unpaired) electrons. The van der Waals surface area contributed by atoms with Crippen molar-refractivity contribution in [2.75, 3.05) is 6.61 Å². The lowest BCUT2D eigenvalue weighted by molar-refractivity contribution is -0.128.